The van der Waals surface area contributed by atoms with E-state index in [0.29, 0.717) is 38.4 Å². The van der Waals surface area contributed by atoms with E-state index in [9.17, 15) is 18.0 Å². The standard InChI is InChI=1S/C12H14F3N3O2/c13-12(14,15)7-11(1-2-11)17-10(19)8-5-18-3-4-20-6-9(18)16-8/h5H,1-4,6-7H2,(H,17,19). The van der Waals surface area contributed by atoms with E-state index in [1.54, 1.807) is 10.8 Å². The van der Waals surface area contributed by atoms with E-state index in [0.717, 1.165) is 0 Å². The van der Waals surface area contributed by atoms with Crippen LogP contribution in [0.15, 0.2) is 6.20 Å². The predicted octanol–water partition coefficient (Wildman–Crippen LogP) is 1.63. The molecule has 3 rings (SSSR count). The fourth-order valence-corrected chi connectivity index (χ4v) is 2.38. The van der Waals surface area contributed by atoms with Gasteiger partial charge in [0.1, 0.15) is 18.1 Å². The summed E-state index contributed by atoms with van der Waals surface area (Å²) in [6.45, 7) is 1.46. The molecule has 2 aliphatic rings. The molecule has 1 fully saturated rings. The number of ether oxygens (including phenoxy) is 1. The van der Waals surface area contributed by atoms with Crippen molar-refractivity contribution >= 4 is 5.91 Å². The Balaban J connectivity index is 1.69. The Morgan fingerprint density at radius 2 is 2.25 bits per heavy atom. The first kappa shape index (κ1) is 13.4. The number of hydrogen-bond donors (Lipinski definition) is 1. The van der Waals surface area contributed by atoms with E-state index < -0.39 is 24.0 Å². The van der Waals surface area contributed by atoms with Crippen molar-refractivity contribution in [3.8, 4) is 0 Å². The summed E-state index contributed by atoms with van der Waals surface area (Å²) in [5, 5.41) is 2.47. The first-order chi connectivity index (χ1) is 9.37. The molecule has 2 heterocycles. The van der Waals surface area contributed by atoms with Gasteiger partial charge in [-0.1, -0.05) is 0 Å². The van der Waals surface area contributed by atoms with Gasteiger partial charge in [0.2, 0.25) is 0 Å². The number of fused-ring (bicyclic) bond motifs is 1. The average molecular weight is 289 g/mol. The van der Waals surface area contributed by atoms with Crippen LogP contribution < -0.4 is 5.32 Å². The Kier molecular flexibility index (Phi) is 3.00. The summed E-state index contributed by atoms with van der Waals surface area (Å²) in [7, 11) is 0. The SMILES string of the molecule is O=C(NC1(CC(F)(F)F)CC1)c1cn2c(n1)COCC2. The molecular formula is C12H14F3N3O2. The van der Waals surface area contributed by atoms with Crippen LogP contribution in [0.3, 0.4) is 0 Å². The van der Waals surface area contributed by atoms with Gasteiger partial charge in [-0.2, -0.15) is 13.2 Å². The van der Waals surface area contributed by atoms with Gasteiger partial charge in [-0.25, -0.2) is 4.98 Å². The molecule has 8 heteroatoms. The first-order valence-corrected chi connectivity index (χ1v) is 6.40. The average Bonchev–Trinajstić information content (AvgIpc) is 2.93. The molecule has 1 amide bonds. The lowest BCUT2D eigenvalue weighted by molar-refractivity contribution is -0.141. The molecule has 1 aromatic heterocycles. The fourth-order valence-electron chi connectivity index (χ4n) is 2.38. The molecule has 0 spiro atoms. The molecule has 20 heavy (non-hydrogen) atoms. The first-order valence-electron chi connectivity index (χ1n) is 6.40. The summed E-state index contributed by atoms with van der Waals surface area (Å²) in [6, 6.07) is 0. The zero-order chi connectivity index (χ0) is 14.4. The second-order valence-corrected chi connectivity index (χ2v) is 5.31. The highest BCUT2D eigenvalue weighted by Gasteiger charge is 2.51. The monoisotopic (exact) mass is 289 g/mol. The third-order valence-electron chi connectivity index (χ3n) is 3.57. The van der Waals surface area contributed by atoms with Crippen LogP contribution in [0.1, 0.15) is 35.6 Å². The van der Waals surface area contributed by atoms with Gasteiger partial charge in [0, 0.05) is 18.3 Å². The lowest BCUT2D eigenvalue weighted by atomic mass is 10.1. The number of aromatic nitrogens is 2. The van der Waals surface area contributed by atoms with E-state index >= 15 is 0 Å². The number of halogens is 3. The van der Waals surface area contributed by atoms with Crippen LogP contribution >= 0.6 is 0 Å². The maximum absolute atomic E-state index is 12.4. The second-order valence-electron chi connectivity index (χ2n) is 5.31. The van der Waals surface area contributed by atoms with Gasteiger partial charge in [0.25, 0.3) is 5.91 Å². The molecule has 0 radical (unpaired) electrons. The summed E-state index contributed by atoms with van der Waals surface area (Å²) in [6.07, 6.45) is -2.98. The topological polar surface area (TPSA) is 56.2 Å². The molecule has 110 valence electrons. The molecule has 0 aromatic carbocycles. The Bertz CT molecular complexity index is 511. The minimum absolute atomic E-state index is 0.152. The van der Waals surface area contributed by atoms with E-state index in [1.165, 1.54) is 0 Å². The number of nitrogens with one attached hydrogen (secondary N) is 1. The third kappa shape index (κ3) is 2.79. The number of carbonyl (C=O) groups is 1. The van der Waals surface area contributed by atoms with Crippen molar-refractivity contribution in [2.45, 2.75) is 44.1 Å². The van der Waals surface area contributed by atoms with Crippen molar-refractivity contribution in [2.75, 3.05) is 6.61 Å². The molecule has 1 N–H and O–H groups in total. The minimum atomic E-state index is -4.27. The van der Waals surface area contributed by atoms with E-state index in [4.69, 9.17) is 4.74 Å². The third-order valence-corrected chi connectivity index (χ3v) is 3.57. The van der Waals surface area contributed by atoms with Gasteiger partial charge in [0.05, 0.1) is 13.0 Å². The summed E-state index contributed by atoms with van der Waals surface area (Å²) in [4.78, 5) is 16.1. The van der Waals surface area contributed by atoms with Gasteiger partial charge >= 0.3 is 6.18 Å². The summed E-state index contributed by atoms with van der Waals surface area (Å²) >= 11 is 0. The van der Waals surface area contributed by atoms with Crippen molar-refractivity contribution in [3.63, 3.8) is 0 Å². The molecule has 1 aliphatic heterocycles. The Labute approximate surface area is 113 Å². The van der Waals surface area contributed by atoms with Gasteiger partial charge in [-0.05, 0) is 12.8 Å². The van der Waals surface area contributed by atoms with Crippen molar-refractivity contribution in [1.29, 1.82) is 0 Å². The zero-order valence-corrected chi connectivity index (χ0v) is 10.7. The lowest BCUT2D eigenvalue weighted by Crippen LogP contribution is -2.40. The number of carbonyl (C=O) groups excluding carboxylic acids is 1. The molecule has 0 atom stereocenters. The molecular weight excluding hydrogens is 275 g/mol. The van der Waals surface area contributed by atoms with Crippen LogP contribution in [0.5, 0.6) is 0 Å². The molecule has 1 aliphatic carbocycles. The number of hydrogen-bond acceptors (Lipinski definition) is 3. The summed E-state index contributed by atoms with van der Waals surface area (Å²) < 4.78 is 44.3. The largest absolute Gasteiger partial charge is 0.391 e. The smallest absolute Gasteiger partial charge is 0.372 e. The molecule has 1 saturated carbocycles. The number of rotatable bonds is 3. The van der Waals surface area contributed by atoms with Crippen LogP contribution in [0.4, 0.5) is 13.2 Å². The van der Waals surface area contributed by atoms with Crippen molar-refractivity contribution in [3.05, 3.63) is 17.7 Å². The van der Waals surface area contributed by atoms with Crippen LogP contribution in [0, 0.1) is 0 Å². The van der Waals surface area contributed by atoms with Gasteiger partial charge in [-0.15, -0.1) is 0 Å². The highest BCUT2D eigenvalue weighted by Crippen LogP contribution is 2.44. The van der Waals surface area contributed by atoms with E-state index in [1.807, 2.05) is 0 Å². The number of nitrogens with zero attached hydrogens (tertiary/aromatic N) is 2. The lowest BCUT2D eigenvalue weighted by Gasteiger charge is -2.18. The second kappa shape index (κ2) is 4.47. The zero-order valence-electron chi connectivity index (χ0n) is 10.7. The van der Waals surface area contributed by atoms with Crippen LogP contribution in [0.2, 0.25) is 0 Å². The number of amides is 1. The molecule has 0 bridgehead atoms. The van der Waals surface area contributed by atoms with Gasteiger partial charge < -0.3 is 14.6 Å². The van der Waals surface area contributed by atoms with Crippen molar-refractivity contribution in [1.82, 2.24) is 14.9 Å². The van der Waals surface area contributed by atoms with E-state index in [-0.39, 0.29) is 5.69 Å². The molecule has 1 aromatic rings. The quantitative estimate of drug-likeness (QED) is 0.920. The Hall–Kier alpha value is -1.57. The van der Waals surface area contributed by atoms with E-state index in [2.05, 4.69) is 10.3 Å². The van der Waals surface area contributed by atoms with Crippen LogP contribution in [-0.2, 0) is 17.9 Å². The highest BCUT2D eigenvalue weighted by molar-refractivity contribution is 5.93. The Morgan fingerprint density at radius 3 is 2.85 bits per heavy atom. The normalized spacial score (nSPS) is 20.4. The van der Waals surface area contributed by atoms with Crippen LogP contribution in [0.25, 0.3) is 0 Å². The molecule has 0 unspecified atom stereocenters. The van der Waals surface area contributed by atoms with Gasteiger partial charge in [0.15, 0.2) is 0 Å². The number of imidazole rings is 1. The Morgan fingerprint density at radius 1 is 1.50 bits per heavy atom. The number of alkyl halides is 3. The maximum atomic E-state index is 12.4. The fraction of sp³-hybridized carbons (Fsp3) is 0.667. The predicted molar refractivity (Wildman–Crippen MR) is 62.0 cm³/mol. The summed E-state index contributed by atoms with van der Waals surface area (Å²) in [5.41, 5.74) is -0.977. The van der Waals surface area contributed by atoms with Crippen molar-refractivity contribution < 1.29 is 22.7 Å². The molecule has 5 nitrogen and oxygen atoms in total. The maximum Gasteiger partial charge on any atom is 0.391 e. The van der Waals surface area contributed by atoms with Crippen LogP contribution in [-0.4, -0.2) is 33.8 Å². The molecule has 0 saturated heterocycles. The summed E-state index contributed by atoms with van der Waals surface area (Å²) in [5.74, 6) is 0.0794. The van der Waals surface area contributed by atoms with Crippen molar-refractivity contribution in [2.24, 2.45) is 0 Å². The highest BCUT2D eigenvalue weighted by atomic mass is 19.4. The minimum Gasteiger partial charge on any atom is -0.372 e. The van der Waals surface area contributed by atoms with Gasteiger partial charge in [-0.3, -0.25) is 4.79 Å².